The molecule has 0 radical (unpaired) electrons. The first-order valence-electron chi connectivity index (χ1n) is 49.2. The van der Waals surface area contributed by atoms with E-state index in [1.807, 2.05) is 92.6 Å². The van der Waals surface area contributed by atoms with E-state index in [4.69, 9.17) is 165 Å². The molecule has 0 aromatic heterocycles. The molecular formula is C88H200N10O33S2Si10. The van der Waals surface area contributed by atoms with Gasteiger partial charge < -0.3 is 192 Å². The predicted octanol–water partition coefficient (Wildman–Crippen LogP) is 8.13. The Bertz CT molecular complexity index is 3020. The maximum atomic E-state index is 10.0. The maximum absolute atomic E-state index is 10.0. The van der Waals surface area contributed by atoms with E-state index in [9.17, 15) is 4.79 Å². The second-order valence-electron chi connectivity index (χ2n) is 30.8. The van der Waals surface area contributed by atoms with Crippen molar-refractivity contribution in [2.45, 2.75) is 175 Å². The van der Waals surface area contributed by atoms with E-state index in [0.29, 0.717) is 122 Å². The van der Waals surface area contributed by atoms with Crippen LogP contribution in [0.5, 0.6) is 0 Å². The van der Waals surface area contributed by atoms with E-state index in [2.05, 4.69) is 87.6 Å². The van der Waals surface area contributed by atoms with Gasteiger partial charge in [-0.05, 0) is 168 Å². The largest absolute Gasteiger partial charge is 0.527 e. The molecule has 0 amide bonds. The number of benzene rings is 2. The number of thiol groups is 2. The zero-order chi connectivity index (χ0) is 109. The van der Waals surface area contributed by atoms with Gasteiger partial charge >= 0.3 is 87.8 Å². The van der Waals surface area contributed by atoms with Crippen molar-refractivity contribution in [3.05, 3.63) is 65.7 Å². The minimum Gasteiger partial charge on any atom is -0.398 e. The van der Waals surface area contributed by atoms with E-state index in [-0.39, 0.29) is 12.3 Å². The molecule has 143 heavy (non-hydrogen) atoms. The van der Waals surface area contributed by atoms with Crippen molar-refractivity contribution in [2.24, 2.45) is 33.8 Å². The van der Waals surface area contributed by atoms with Gasteiger partial charge in [0.05, 0.1) is 43.1 Å². The van der Waals surface area contributed by atoms with Gasteiger partial charge in [0.1, 0.15) is 18.5 Å². The predicted molar refractivity (Wildman–Crippen MR) is 590 cm³/mol. The van der Waals surface area contributed by atoms with Crippen molar-refractivity contribution in [1.29, 1.82) is 0 Å². The average molecular weight is 2270 g/mol. The highest BCUT2D eigenvalue weighted by Gasteiger charge is 2.48. The topological polar surface area (TPSA) is 496 Å². The molecule has 0 spiro atoms. The normalized spacial score (nSPS) is 15.1. The number of hydrogen-bond donors (Lipinski definition) is 11. The third-order valence-electron chi connectivity index (χ3n) is 21.7. The summed E-state index contributed by atoms with van der Waals surface area (Å²) in [5, 5.41) is 16.8. The molecule has 4 unspecified atom stereocenters. The van der Waals surface area contributed by atoms with Gasteiger partial charge in [0.2, 0.25) is 6.08 Å². The van der Waals surface area contributed by atoms with Gasteiger partial charge in [-0.25, -0.2) is 9.79 Å². The molecule has 3 fully saturated rings. The molecule has 13 N–H and O–H groups in total. The molecule has 2 aromatic carbocycles. The number of rotatable bonds is 77. The Morgan fingerprint density at radius 1 is 0.399 bits per heavy atom. The minimum atomic E-state index is -2.75. The zero-order valence-electron chi connectivity index (χ0n) is 93.1. The zero-order valence-corrected chi connectivity index (χ0v) is 105. The van der Waals surface area contributed by atoms with Crippen LogP contribution in [0.1, 0.15) is 118 Å². The number of fused-ring (bicyclic) bond motifs is 1. The number of nitrogens with zero attached hydrogens (tertiary/aromatic N) is 1. The highest BCUT2D eigenvalue weighted by atomic mass is 32.1. The monoisotopic (exact) mass is 2270 g/mol. The third-order valence-corrected chi connectivity index (χ3v) is 50.3. The molecular weight excluding hydrogens is 2070 g/mol. The van der Waals surface area contributed by atoms with Gasteiger partial charge in [0.25, 0.3) is 0 Å². The van der Waals surface area contributed by atoms with Crippen LogP contribution in [0.4, 0.5) is 5.69 Å². The molecule has 55 heteroatoms. The van der Waals surface area contributed by atoms with Gasteiger partial charge in [-0.2, -0.15) is 25.3 Å². The van der Waals surface area contributed by atoms with Crippen LogP contribution in [0.3, 0.4) is 0 Å². The van der Waals surface area contributed by atoms with Crippen LogP contribution in [0.2, 0.25) is 36.8 Å². The number of aryl methyl sites for hydroxylation is 1. The average Bonchev–Trinajstić information content (AvgIpc) is 1.66. The molecule has 2 heterocycles. The van der Waals surface area contributed by atoms with Crippen LogP contribution in [0.25, 0.3) is 0 Å². The number of para-hydroxylation sites is 1. The standard InChI is InChI=1S/C14H26N2O2Si.C12H21NO3Si.C11H22O4Si.C10H27N3O3Si.C9H22O3SSi.C8H17NO4Si.C7H19NO3Si.C7H16O5Si.C6H18N2O3Si.C4H12O3SSi/c1-17-19(3,18-2)11-8-13-4-6-14(7-5-13)12-16-10-9-15;1-14-17(15-2,16-3)11-7-10-13-12-8-5-4-6-9-12;1-12-16(13-2,14-3)7-6-9-4-5-10-11(8-9)15-10;1-14-17(15-2,16-3)10-4-6-12-8-9-13-7-5-11;1-4-10-14(11-5-2,12-6-3)9-7-8-13;1-4-11-14(12-5-2,13-6-3)8-9-7-10;1-4-9-12(7-8,10-5-2)11-6-3;1-8-13(9-2,10-3)6-11-4-7-5-12-7;1-9-12(10-2,11-3)6-8-5-4-7;1-5-9(4-8,6-2)7-3/h4-7,16H,8-12,15H2,1-3H3;4-6,8-9,13H,7,10-11H2,1-3H3;9-11H,4-8H2,1-3H3;12-13H,4-11H2,1-3H3;13H,4-9H2,1-3H3;4-6,8H2,1-3H3;4-8H2,1-3H3;7H,4-6H2,1-3H3;8H,4-7H2,1-3H3;8H,4H2,1-3H3. The summed E-state index contributed by atoms with van der Waals surface area (Å²) in [6, 6.07) is 23.2. The fraction of sp³-hybridized carbons (Fsp3) is 0.852. The van der Waals surface area contributed by atoms with E-state index < -0.39 is 87.8 Å². The van der Waals surface area contributed by atoms with E-state index in [1.165, 1.54) is 36.5 Å². The highest BCUT2D eigenvalue weighted by Crippen LogP contribution is 2.42. The Morgan fingerprint density at radius 3 is 1.15 bits per heavy atom. The van der Waals surface area contributed by atoms with Gasteiger partial charge in [-0.1, -0.05) is 42.5 Å². The van der Waals surface area contributed by atoms with Crippen molar-refractivity contribution in [2.75, 3.05) is 321 Å². The van der Waals surface area contributed by atoms with Gasteiger partial charge in [-0.3, -0.25) is 0 Å². The SMILES string of the molecule is CCO[Si](CCCS)(OCC)OCC.CCO[Si](CN)(OCC)OCC.CCO[Si](CN=C=O)(OCC)OCC.CO[Si](C)(CCc1ccc(CNCCN)cc1)OC.CO[Si](CCC1CCC2OC2C1)(OC)OC.CO[Si](CCCNCCNCCN)(OC)OC.CO[Si](CCCNc1ccccc1)(OC)OC.CO[Si](CNCCN)(OC)OC.CO[Si](COCC1CO1)(OC)OC.CO[Si](CS)(OC)OC. The summed E-state index contributed by atoms with van der Waals surface area (Å²) in [6.45, 7) is 34.9. The maximum Gasteiger partial charge on any atom is 0.527 e. The lowest BCUT2D eigenvalue weighted by atomic mass is 9.88. The fourth-order valence-corrected chi connectivity index (χ4v) is 31.6. The molecule has 1 aliphatic carbocycles. The van der Waals surface area contributed by atoms with E-state index in [1.54, 1.807) is 142 Å². The molecule has 852 valence electrons. The fourth-order valence-electron chi connectivity index (χ4n) is 13.1. The van der Waals surface area contributed by atoms with Gasteiger partial charge in [0, 0.05) is 297 Å². The lowest BCUT2D eigenvalue weighted by Crippen LogP contribution is -2.52. The lowest BCUT2D eigenvalue weighted by Gasteiger charge is -2.28. The van der Waals surface area contributed by atoms with Crippen molar-refractivity contribution in [3.63, 3.8) is 0 Å². The van der Waals surface area contributed by atoms with Crippen molar-refractivity contribution in [1.82, 2.24) is 21.3 Å². The Balaban J connectivity index is -0.000000496. The summed E-state index contributed by atoms with van der Waals surface area (Å²) in [6.07, 6.45) is 13.1. The first-order chi connectivity index (χ1) is 68.8. The Labute approximate surface area is 884 Å². The Kier molecular flexibility index (Phi) is 102. The number of isocyanates is 1. The first kappa shape index (κ1) is 150. The van der Waals surface area contributed by atoms with Gasteiger partial charge in [0.15, 0.2) is 0 Å². The second kappa shape index (κ2) is 96.7. The molecule has 43 nitrogen and oxygen atoms in total. The summed E-state index contributed by atoms with van der Waals surface area (Å²) >= 11 is 8.22. The van der Waals surface area contributed by atoms with Crippen molar-refractivity contribution in [3.8, 4) is 0 Å². The molecule has 3 aliphatic rings. The molecule has 2 saturated heterocycles. The van der Waals surface area contributed by atoms with Crippen LogP contribution >= 0.6 is 25.3 Å². The van der Waals surface area contributed by atoms with E-state index in [0.717, 1.165) is 139 Å². The minimum absolute atomic E-state index is 0.145. The number of aliphatic imine (C=N–C) groups is 1. The molecule has 0 bridgehead atoms. The van der Waals surface area contributed by atoms with Crippen LogP contribution in [0, 0.1) is 5.92 Å². The van der Waals surface area contributed by atoms with E-state index >= 15 is 0 Å². The molecule has 2 aromatic rings. The molecule has 4 atom stereocenters. The number of hydrogen-bond acceptors (Lipinski definition) is 45. The van der Waals surface area contributed by atoms with Crippen LogP contribution < -0.4 is 49.5 Å². The van der Waals surface area contributed by atoms with Gasteiger partial charge in [-0.15, -0.1) is 0 Å². The number of carbonyl (C=O) groups excluding carboxylic acids is 1. The molecule has 1 saturated carbocycles. The smallest absolute Gasteiger partial charge is 0.398 e. The molecule has 5 rings (SSSR count). The summed E-state index contributed by atoms with van der Waals surface area (Å²) in [5.74, 6) is 1.61. The lowest BCUT2D eigenvalue weighted by molar-refractivity contribution is 0.0583. The summed E-state index contributed by atoms with van der Waals surface area (Å²) in [7, 11) is 8.58. The Morgan fingerprint density at radius 2 is 0.783 bits per heavy atom. The first-order valence-corrected chi connectivity index (χ1v) is 70.4. The number of anilines is 1. The highest BCUT2D eigenvalue weighted by molar-refractivity contribution is 7.82. The number of epoxide rings is 2. The molecule has 2 aliphatic heterocycles. The summed E-state index contributed by atoms with van der Waals surface area (Å²) in [4.78, 5) is 13.5. The van der Waals surface area contributed by atoms with Crippen molar-refractivity contribution >= 4 is 125 Å². The summed E-state index contributed by atoms with van der Waals surface area (Å²) < 4.78 is 171. The second-order valence-corrected chi connectivity index (χ2v) is 61.7. The number of nitrogens with one attached hydrogen (secondary N) is 5. The Hall–Kier alpha value is -1.11. The quantitative estimate of drug-likeness (QED) is 0.00743. The van der Waals surface area contributed by atoms with Crippen molar-refractivity contribution < 1.29 is 147 Å². The number of nitrogens with two attached hydrogens (primary N) is 4. The summed E-state index contributed by atoms with van der Waals surface area (Å²) in [5.41, 5.74) is 25.4. The van der Waals surface area contributed by atoms with Crippen LogP contribution in [-0.4, -0.2) is 428 Å². The van der Waals surface area contributed by atoms with Crippen LogP contribution in [0.15, 0.2) is 59.6 Å². The third kappa shape index (κ3) is 70.8. The van der Waals surface area contributed by atoms with Crippen LogP contribution in [-0.2, 0) is 160 Å². The number of ether oxygens (including phenoxy) is 3.